The molecule has 0 unspecified atom stereocenters. The van der Waals surface area contributed by atoms with Gasteiger partial charge in [0.1, 0.15) is 11.8 Å². The molecule has 8 nitrogen and oxygen atoms in total. The number of nitrogens with zero attached hydrogens (tertiary/aromatic N) is 2. The lowest BCUT2D eigenvalue weighted by Crippen LogP contribution is -2.45. The Morgan fingerprint density at radius 2 is 1.78 bits per heavy atom. The van der Waals surface area contributed by atoms with Crippen molar-refractivity contribution in [1.29, 1.82) is 0 Å². The number of amides is 3. The number of carbonyl (C=O) groups is 4. The Morgan fingerprint density at radius 1 is 1.09 bits per heavy atom. The molecule has 1 N–H and O–H groups in total. The third-order valence-electron chi connectivity index (χ3n) is 5.04. The second-order valence-corrected chi connectivity index (χ2v) is 7.15. The normalized spacial score (nSPS) is 15.9. The van der Waals surface area contributed by atoms with Gasteiger partial charge in [0.15, 0.2) is 0 Å². The summed E-state index contributed by atoms with van der Waals surface area (Å²) in [6, 6.07) is 14.9. The highest BCUT2D eigenvalue weighted by Gasteiger charge is 2.43. The van der Waals surface area contributed by atoms with Gasteiger partial charge in [-0.15, -0.1) is 0 Å². The summed E-state index contributed by atoms with van der Waals surface area (Å²) in [5.74, 6) is -2.24. The Balaban J connectivity index is 1.83. The third-order valence-corrected chi connectivity index (χ3v) is 5.04. The first-order valence-corrected chi connectivity index (χ1v) is 10.3. The van der Waals surface area contributed by atoms with Crippen molar-refractivity contribution >= 4 is 29.4 Å². The van der Waals surface area contributed by atoms with Crippen LogP contribution in [0.2, 0.25) is 0 Å². The molecule has 166 valence electrons. The molecule has 32 heavy (non-hydrogen) atoms. The van der Waals surface area contributed by atoms with Crippen LogP contribution in [0.4, 0.5) is 5.69 Å². The van der Waals surface area contributed by atoms with Crippen LogP contribution in [0.25, 0.3) is 0 Å². The Morgan fingerprint density at radius 3 is 2.41 bits per heavy atom. The van der Waals surface area contributed by atoms with Crippen molar-refractivity contribution in [1.82, 2.24) is 4.90 Å². The predicted octanol–water partition coefficient (Wildman–Crippen LogP) is 2.43. The summed E-state index contributed by atoms with van der Waals surface area (Å²) in [5.41, 5.74) is 1.34. The minimum absolute atomic E-state index is 0.160. The largest absolute Gasteiger partial charge is 0.494 e. The molecule has 0 saturated carbocycles. The van der Waals surface area contributed by atoms with Gasteiger partial charge in [0.25, 0.3) is 5.91 Å². The molecule has 3 amide bonds. The number of rotatable bonds is 9. The van der Waals surface area contributed by atoms with Crippen molar-refractivity contribution in [3.63, 3.8) is 0 Å². The molecule has 3 rings (SSSR count). The van der Waals surface area contributed by atoms with Gasteiger partial charge < -0.3 is 14.7 Å². The zero-order chi connectivity index (χ0) is 23.1. The molecule has 1 aliphatic heterocycles. The molecule has 0 aromatic heterocycles. The van der Waals surface area contributed by atoms with E-state index in [1.807, 2.05) is 37.3 Å². The van der Waals surface area contributed by atoms with E-state index in [0.717, 1.165) is 22.6 Å². The first kappa shape index (κ1) is 22.7. The fourth-order valence-corrected chi connectivity index (χ4v) is 3.54. The second-order valence-electron chi connectivity index (χ2n) is 7.15. The number of aliphatic carboxylic acids is 1. The minimum atomic E-state index is -1.27. The third kappa shape index (κ3) is 5.40. The first-order valence-electron chi connectivity index (χ1n) is 10.3. The lowest BCUT2D eigenvalue weighted by molar-refractivity contribution is -0.135. The van der Waals surface area contributed by atoms with Crippen LogP contribution >= 0.6 is 0 Å². The second kappa shape index (κ2) is 10.4. The van der Waals surface area contributed by atoms with E-state index in [1.54, 1.807) is 24.3 Å². The predicted molar refractivity (Wildman–Crippen MR) is 117 cm³/mol. The molecule has 0 bridgehead atoms. The topological polar surface area (TPSA) is 104 Å². The summed E-state index contributed by atoms with van der Waals surface area (Å²) < 4.78 is 5.39. The van der Waals surface area contributed by atoms with Crippen molar-refractivity contribution in [2.45, 2.75) is 25.8 Å². The summed E-state index contributed by atoms with van der Waals surface area (Å²) in [7, 11) is 0. The van der Waals surface area contributed by atoms with Crippen LogP contribution in [0.3, 0.4) is 0 Å². The van der Waals surface area contributed by atoms with Gasteiger partial charge in [-0.1, -0.05) is 30.3 Å². The Bertz CT molecular complexity index is 1020. The highest BCUT2D eigenvalue weighted by atomic mass is 16.5. The highest BCUT2D eigenvalue weighted by molar-refractivity contribution is 6.23. The van der Waals surface area contributed by atoms with Crippen molar-refractivity contribution in [3.8, 4) is 5.75 Å². The van der Waals surface area contributed by atoms with Gasteiger partial charge in [-0.05, 0) is 43.2 Å². The number of anilines is 1. The van der Waals surface area contributed by atoms with Gasteiger partial charge in [-0.25, -0.2) is 9.69 Å². The molecule has 1 fully saturated rings. The summed E-state index contributed by atoms with van der Waals surface area (Å²) in [5, 5.41) is 8.87. The lowest BCUT2D eigenvalue weighted by atomic mass is 10.1. The van der Waals surface area contributed by atoms with E-state index in [0.29, 0.717) is 24.5 Å². The van der Waals surface area contributed by atoms with Crippen molar-refractivity contribution in [2.24, 2.45) is 0 Å². The molecule has 2 aromatic carbocycles. The maximum Gasteiger partial charge on any atom is 0.328 e. The number of carbonyl (C=O) groups excluding carboxylic acids is 3. The average Bonchev–Trinajstić information content (AvgIpc) is 3.07. The molecule has 0 aliphatic carbocycles. The fraction of sp³-hybridized carbons (Fsp3) is 0.250. The van der Waals surface area contributed by atoms with Crippen LogP contribution in [-0.2, 0) is 25.6 Å². The van der Waals surface area contributed by atoms with Crippen LogP contribution in [0.15, 0.2) is 66.7 Å². The maximum atomic E-state index is 13.2. The van der Waals surface area contributed by atoms with E-state index >= 15 is 0 Å². The monoisotopic (exact) mass is 436 g/mol. The van der Waals surface area contributed by atoms with E-state index in [-0.39, 0.29) is 13.0 Å². The zero-order valence-corrected chi connectivity index (χ0v) is 17.6. The van der Waals surface area contributed by atoms with E-state index in [1.165, 1.54) is 4.90 Å². The average molecular weight is 436 g/mol. The van der Waals surface area contributed by atoms with E-state index in [4.69, 9.17) is 9.84 Å². The number of hydrogen-bond donors (Lipinski definition) is 1. The van der Waals surface area contributed by atoms with E-state index in [9.17, 15) is 19.2 Å². The van der Waals surface area contributed by atoms with Crippen molar-refractivity contribution < 1.29 is 29.0 Å². The Labute approximate surface area is 185 Å². The van der Waals surface area contributed by atoms with Gasteiger partial charge in [0, 0.05) is 18.7 Å². The summed E-state index contributed by atoms with van der Waals surface area (Å²) >= 11 is 0. The van der Waals surface area contributed by atoms with Crippen molar-refractivity contribution in [2.75, 3.05) is 18.1 Å². The van der Waals surface area contributed by atoms with Crippen LogP contribution in [0, 0.1) is 0 Å². The van der Waals surface area contributed by atoms with Crippen LogP contribution in [-0.4, -0.2) is 52.9 Å². The molecule has 1 aliphatic rings. The molecule has 1 atom stereocenters. The highest BCUT2D eigenvalue weighted by Crippen LogP contribution is 2.28. The van der Waals surface area contributed by atoms with Crippen LogP contribution < -0.4 is 9.64 Å². The van der Waals surface area contributed by atoms with Crippen molar-refractivity contribution in [3.05, 3.63) is 72.3 Å². The van der Waals surface area contributed by atoms with Crippen LogP contribution in [0.1, 0.15) is 18.9 Å². The van der Waals surface area contributed by atoms with Gasteiger partial charge >= 0.3 is 5.97 Å². The first-order chi connectivity index (χ1) is 15.4. The number of imide groups is 1. The maximum absolute atomic E-state index is 13.2. The molecule has 8 heteroatoms. The van der Waals surface area contributed by atoms with E-state index in [2.05, 4.69) is 0 Å². The summed E-state index contributed by atoms with van der Waals surface area (Å²) in [6.07, 6.45) is 1.91. The summed E-state index contributed by atoms with van der Waals surface area (Å²) in [4.78, 5) is 51.8. The number of ether oxygens (including phenoxy) is 1. The quantitative estimate of drug-likeness (QED) is 0.478. The Kier molecular flexibility index (Phi) is 7.38. The summed E-state index contributed by atoms with van der Waals surface area (Å²) in [6.45, 7) is 2.50. The molecule has 1 heterocycles. The number of carboxylic acid groups (broad SMARTS) is 1. The van der Waals surface area contributed by atoms with Gasteiger partial charge in [0.05, 0.1) is 18.7 Å². The fourth-order valence-electron chi connectivity index (χ4n) is 3.54. The molecule has 0 radical (unpaired) electrons. The zero-order valence-electron chi connectivity index (χ0n) is 17.6. The van der Waals surface area contributed by atoms with Gasteiger partial charge in [-0.2, -0.15) is 0 Å². The van der Waals surface area contributed by atoms with Gasteiger partial charge in [0.2, 0.25) is 11.8 Å². The SMILES string of the molecule is CCOc1ccc(N2C(=O)C[C@H](N(CCc3ccccc3)C(=O)/C=C/C(=O)O)C2=O)cc1. The lowest BCUT2D eigenvalue weighted by Gasteiger charge is -2.26. The van der Waals surface area contributed by atoms with E-state index < -0.39 is 29.7 Å². The number of carboxylic acids is 1. The molecule has 0 spiro atoms. The molecule has 1 saturated heterocycles. The smallest absolute Gasteiger partial charge is 0.328 e. The Hall–Kier alpha value is -3.94. The number of benzene rings is 2. The minimum Gasteiger partial charge on any atom is -0.494 e. The number of hydrogen-bond acceptors (Lipinski definition) is 5. The molecular weight excluding hydrogens is 412 g/mol. The van der Waals surface area contributed by atoms with Gasteiger partial charge in [-0.3, -0.25) is 14.4 Å². The molecule has 2 aromatic rings. The van der Waals surface area contributed by atoms with Crippen LogP contribution in [0.5, 0.6) is 5.75 Å². The standard InChI is InChI=1S/C24H24N2O6/c1-2-32-19-10-8-18(9-11-19)26-22(28)16-20(24(26)31)25(21(27)12-13-23(29)30)15-14-17-6-4-3-5-7-17/h3-13,20H,2,14-16H2,1H3,(H,29,30)/b13-12+/t20-/m0/s1. The molecular formula is C24H24N2O6.